The molecule has 0 bridgehead atoms. The van der Waals surface area contributed by atoms with Gasteiger partial charge in [-0.2, -0.15) is 5.10 Å². The monoisotopic (exact) mass is 470 g/mol. The highest BCUT2D eigenvalue weighted by Gasteiger charge is 2.27. The number of rotatable bonds is 3. The maximum Gasteiger partial charge on any atom is 0.171 e. The third kappa shape index (κ3) is 3.48. The summed E-state index contributed by atoms with van der Waals surface area (Å²) in [7, 11) is 0. The number of hydrogen-bond acceptors (Lipinski definition) is 4. The Labute approximate surface area is 169 Å². The van der Waals surface area contributed by atoms with Crippen LogP contribution in [0.15, 0.2) is 92.9 Å². The molecule has 0 saturated heterocycles. The third-order valence-corrected chi connectivity index (χ3v) is 5.24. The maximum absolute atomic E-state index is 4.57. The van der Waals surface area contributed by atoms with Gasteiger partial charge < -0.3 is 0 Å². The molecule has 130 valence electrons. The van der Waals surface area contributed by atoms with Crippen LogP contribution in [0.1, 0.15) is 17.3 Å². The van der Waals surface area contributed by atoms with Gasteiger partial charge in [-0.3, -0.25) is 15.9 Å². The maximum atomic E-state index is 4.57. The van der Waals surface area contributed by atoms with Gasteiger partial charge in [0.15, 0.2) is 12.0 Å². The summed E-state index contributed by atoms with van der Waals surface area (Å²) in [6.45, 7) is 0. The van der Waals surface area contributed by atoms with Crippen LogP contribution >= 0.6 is 31.9 Å². The lowest BCUT2D eigenvalue weighted by Crippen LogP contribution is -2.53. The zero-order chi connectivity index (χ0) is 17.9. The largest absolute Gasteiger partial charge is 0.280 e. The first-order chi connectivity index (χ1) is 12.7. The number of hydrazone groups is 1. The van der Waals surface area contributed by atoms with Gasteiger partial charge in [0.1, 0.15) is 0 Å². The van der Waals surface area contributed by atoms with Crippen molar-refractivity contribution in [2.24, 2.45) is 5.10 Å². The van der Waals surface area contributed by atoms with E-state index in [2.05, 4.69) is 71.0 Å². The van der Waals surface area contributed by atoms with Crippen LogP contribution in [0.3, 0.4) is 0 Å². The van der Waals surface area contributed by atoms with Gasteiger partial charge in [-0.1, -0.05) is 76.6 Å². The summed E-state index contributed by atoms with van der Waals surface area (Å²) in [6.07, 6.45) is -0.138. The summed E-state index contributed by atoms with van der Waals surface area (Å²) in [5.41, 5.74) is 9.91. The molecule has 0 radical (unpaired) electrons. The van der Waals surface area contributed by atoms with Crippen LogP contribution in [0, 0.1) is 0 Å². The Kier molecular flexibility index (Phi) is 4.95. The molecule has 0 saturated carbocycles. The Bertz CT molecular complexity index is 929. The summed E-state index contributed by atoms with van der Waals surface area (Å²) >= 11 is 7.20. The predicted octanol–water partition coefficient (Wildman–Crippen LogP) is 5.19. The lowest BCUT2D eigenvalue weighted by Gasteiger charge is -2.38. The van der Waals surface area contributed by atoms with Gasteiger partial charge in [0.2, 0.25) is 0 Å². The Hall–Kier alpha value is -2.31. The Morgan fingerprint density at radius 3 is 2.23 bits per heavy atom. The van der Waals surface area contributed by atoms with Crippen LogP contribution in [0.4, 0.5) is 5.69 Å². The van der Waals surface area contributed by atoms with Gasteiger partial charge in [0.25, 0.3) is 0 Å². The number of halogens is 2. The van der Waals surface area contributed by atoms with E-state index in [-0.39, 0.29) is 6.17 Å². The Balaban J connectivity index is 1.76. The minimum absolute atomic E-state index is 0.138. The molecule has 1 aliphatic heterocycles. The van der Waals surface area contributed by atoms with E-state index < -0.39 is 0 Å². The normalized spacial score (nSPS) is 16.5. The van der Waals surface area contributed by atoms with Crippen LogP contribution < -0.4 is 15.9 Å². The Morgan fingerprint density at radius 2 is 1.54 bits per heavy atom. The minimum Gasteiger partial charge on any atom is -0.280 e. The van der Waals surface area contributed by atoms with Crippen molar-refractivity contribution in [1.29, 1.82) is 0 Å². The van der Waals surface area contributed by atoms with Crippen LogP contribution in [-0.2, 0) is 0 Å². The Morgan fingerprint density at radius 1 is 0.846 bits per heavy atom. The molecule has 3 aromatic carbocycles. The first-order valence-electron chi connectivity index (χ1n) is 8.17. The molecule has 1 heterocycles. The number of hydrazine groups is 1. The lowest BCUT2D eigenvalue weighted by molar-refractivity contribution is 0.474. The number of nitrogens with zero attached hydrogens (tertiary/aromatic N) is 2. The molecule has 4 rings (SSSR count). The molecule has 0 aliphatic carbocycles. The van der Waals surface area contributed by atoms with E-state index in [9.17, 15) is 0 Å². The van der Waals surface area contributed by atoms with Crippen LogP contribution in [0.5, 0.6) is 0 Å². The number of amidine groups is 1. The fraction of sp³-hybridized carbons (Fsp3) is 0.0500. The average molecular weight is 472 g/mol. The minimum atomic E-state index is -0.138. The SMILES string of the molecule is Brc1ccc(N2NC(c3ccccc3)=NNC2c2ccccc2)c(Br)c1. The lowest BCUT2D eigenvalue weighted by atomic mass is 10.1. The summed E-state index contributed by atoms with van der Waals surface area (Å²) in [5.74, 6) is 0.771. The van der Waals surface area contributed by atoms with Crippen molar-refractivity contribution in [2.75, 3.05) is 5.01 Å². The van der Waals surface area contributed by atoms with E-state index >= 15 is 0 Å². The van der Waals surface area contributed by atoms with E-state index in [1.165, 1.54) is 0 Å². The van der Waals surface area contributed by atoms with Gasteiger partial charge >= 0.3 is 0 Å². The van der Waals surface area contributed by atoms with Gasteiger partial charge in [0.05, 0.1) is 5.69 Å². The first-order valence-corrected chi connectivity index (χ1v) is 9.75. The number of benzene rings is 3. The number of nitrogens with one attached hydrogen (secondary N) is 2. The zero-order valence-electron chi connectivity index (χ0n) is 13.7. The summed E-state index contributed by atoms with van der Waals surface area (Å²) in [6, 6.07) is 26.4. The summed E-state index contributed by atoms with van der Waals surface area (Å²) < 4.78 is 2.00. The molecule has 0 aromatic heterocycles. The fourth-order valence-electron chi connectivity index (χ4n) is 2.85. The van der Waals surface area contributed by atoms with Crippen LogP contribution in [0.25, 0.3) is 0 Å². The molecule has 0 spiro atoms. The number of hydrogen-bond donors (Lipinski definition) is 2. The highest BCUT2D eigenvalue weighted by molar-refractivity contribution is 9.11. The molecule has 3 aromatic rings. The van der Waals surface area contributed by atoms with Gasteiger partial charge in [-0.05, 0) is 39.7 Å². The molecule has 1 atom stereocenters. The summed E-state index contributed by atoms with van der Waals surface area (Å²) in [5, 5.41) is 6.65. The van der Waals surface area contributed by atoms with Crippen molar-refractivity contribution in [3.05, 3.63) is 98.9 Å². The van der Waals surface area contributed by atoms with Crippen molar-refractivity contribution in [2.45, 2.75) is 6.17 Å². The summed E-state index contributed by atoms with van der Waals surface area (Å²) in [4.78, 5) is 0. The highest BCUT2D eigenvalue weighted by atomic mass is 79.9. The fourth-order valence-corrected chi connectivity index (χ4v) is 4.09. The molecule has 1 unspecified atom stereocenters. The van der Waals surface area contributed by atoms with Crippen LogP contribution in [-0.4, -0.2) is 5.84 Å². The molecule has 0 amide bonds. The second kappa shape index (κ2) is 7.51. The standard InChI is InChI=1S/C20H16Br2N4/c21-16-11-12-18(17(22)13-16)26-20(15-9-5-2-6-10-15)24-23-19(25-26)14-7-3-1-4-8-14/h1-13,20,24H,(H,23,25). The molecule has 26 heavy (non-hydrogen) atoms. The molecule has 6 heteroatoms. The molecule has 1 aliphatic rings. The van der Waals surface area contributed by atoms with Crippen LogP contribution in [0.2, 0.25) is 0 Å². The second-order valence-electron chi connectivity index (χ2n) is 5.85. The first kappa shape index (κ1) is 17.1. The van der Waals surface area contributed by atoms with Crippen molar-refractivity contribution >= 4 is 43.4 Å². The molecule has 2 N–H and O–H groups in total. The van der Waals surface area contributed by atoms with Crippen molar-refractivity contribution in [1.82, 2.24) is 10.9 Å². The van der Waals surface area contributed by atoms with Crippen molar-refractivity contribution in [3.8, 4) is 0 Å². The topological polar surface area (TPSA) is 39.7 Å². The van der Waals surface area contributed by atoms with Gasteiger partial charge in [-0.25, -0.2) is 0 Å². The van der Waals surface area contributed by atoms with E-state index in [4.69, 9.17) is 0 Å². The van der Waals surface area contributed by atoms with E-state index in [1.807, 2.05) is 60.7 Å². The van der Waals surface area contributed by atoms with E-state index in [1.54, 1.807) is 0 Å². The van der Waals surface area contributed by atoms with Gasteiger partial charge in [0, 0.05) is 14.5 Å². The third-order valence-electron chi connectivity index (χ3n) is 4.11. The predicted molar refractivity (Wildman–Crippen MR) is 113 cm³/mol. The second-order valence-corrected chi connectivity index (χ2v) is 7.62. The quantitative estimate of drug-likeness (QED) is 0.552. The smallest absolute Gasteiger partial charge is 0.171 e. The van der Waals surface area contributed by atoms with E-state index in [0.29, 0.717) is 0 Å². The number of anilines is 1. The molecular formula is C20H16Br2N4. The molecular weight excluding hydrogens is 456 g/mol. The average Bonchev–Trinajstić information content (AvgIpc) is 2.69. The van der Waals surface area contributed by atoms with Gasteiger partial charge in [-0.15, -0.1) is 0 Å². The molecule has 4 nitrogen and oxygen atoms in total. The van der Waals surface area contributed by atoms with Crippen molar-refractivity contribution < 1.29 is 0 Å². The highest BCUT2D eigenvalue weighted by Crippen LogP contribution is 2.33. The molecule has 0 fully saturated rings. The van der Waals surface area contributed by atoms with E-state index in [0.717, 1.165) is 31.6 Å². The van der Waals surface area contributed by atoms with Crippen molar-refractivity contribution in [3.63, 3.8) is 0 Å². The zero-order valence-corrected chi connectivity index (χ0v) is 16.9.